The number of carbonyl (C=O) groups is 1. The van der Waals surface area contributed by atoms with E-state index >= 15 is 0 Å². The third kappa shape index (κ3) is 5.51. The number of carbonyl (C=O) groups excluding carboxylic acids is 1. The number of benzene rings is 2. The third-order valence-electron chi connectivity index (χ3n) is 6.98. The second-order valence-electron chi connectivity index (χ2n) is 9.54. The van der Waals surface area contributed by atoms with Crippen LogP contribution in [0.5, 0.6) is 0 Å². The van der Waals surface area contributed by atoms with E-state index in [2.05, 4.69) is 20.2 Å². The lowest BCUT2D eigenvalue weighted by Gasteiger charge is -2.32. The SMILES string of the molecule is CCS(=O)(=O)NC1CCN(C(=O)Nc2cc(Cl)c(C3(c4noc(-c5ccc(F)cc5)n4)CC3)c(Cl)c2)CC1. The molecule has 2 heterocycles. The van der Waals surface area contributed by atoms with Crippen LogP contribution in [0.2, 0.25) is 10.0 Å². The summed E-state index contributed by atoms with van der Waals surface area (Å²) in [5.41, 5.74) is 1.10. The number of hydrogen-bond donors (Lipinski definition) is 2. The molecule has 13 heteroatoms. The van der Waals surface area contributed by atoms with E-state index in [1.54, 1.807) is 36.1 Å². The molecule has 202 valence electrons. The second-order valence-corrected chi connectivity index (χ2v) is 12.4. The molecule has 9 nitrogen and oxygen atoms in total. The van der Waals surface area contributed by atoms with Gasteiger partial charge in [-0.05, 0) is 69.0 Å². The predicted octanol–water partition coefficient (Wildman–Crippen LogP) is 5.20. The highest BCUT2D eigenvalue weighted by Crippen LogP contribution is 2.57. The van der Waals surface area contributed by atoms with E-state index in [1.165, 1.54) is 12.1 Å². The molecule has 2 amide bonds. The van der Waals surface area contributed by atoms with Crippen molar-refractivity contribution in [3.05, 3.63) is 63.6 Å². The van der Waals surface area contributed by atoms with Gasteiger partial charge in [0.1, 0.15) is 5.82 Å². The molecule has 0 spiro atoms. The van der Waals surface area contributed by atoms with Crippen LogP contribution in [0.4, 0.5) is 14.9 Å². The van der Waals surface area contributed by atoms with E-state index in [0.717, 1.165) is 12.8 Å². The minimum atomic E-state index is -3.29. The maximum Gasteiger partial charge on any atom is 0.321 e. The topological polar surface area (TPSA) is 117 Å². The number of likely N-dealkylation sites (tertiary alicyclic amines) is 1. The van der Waals surface area contributed by atoms with Crippen LogP contribution in [0.15, 0.2) is 40.9 Å². The third-order valence-corrected chi connectivity index (χ3v) is 9.02. The van der Waals surface area contributed by atoms with Gasteiger partial charge in [0.25, 0.3) is 5.89 Å². The molecule has 0 radical (unpaired) electrons. The van der Waals surface area contributed by atoms with Gasteiger partial charge in [-0.2, -0.15) is 4.98 Å². The normalized spacial score (nSPS) is 17.4. The molecule has 2 aliphatic rings. The van der Waals surface area contributed by atoms with Gasteiger partial charge in [0.05, 0.1) is 11.2 Å². The maximum atomic E-state index is 13.3. The average molecular weight is 582 g/mol. The van der Waals surface area contributed by atoms with Crippen molar-refractivity contribution in [2.45, 2.75) is 44.1 Å². The van der Waals surface area contributed by atoms with Crippen molar-refractivity contribution >= 4 is 44.9 Å². The fraction of sp³-hybridized carbons (Fsp3) is 0.400. The van der Waals surface area contributed by atoms with Crippen LogP contribution in [0, 0.1) is 5.82 Å². The summed E-state index contributed by atoms with van der Waals surface area (Å²) in [5, 5.41) is 7.73. The highest BCUT2D eigenvalue weighted by molar-refractivity contribution is 7.89. The van der Waals surface area contributed by atoms with Crippen molar-refractivity contribution in [1.29, 1.82) is 0 Å². The smallest absolute Gasteiger partial charge is 0.321 e. The Kier molecular flexibility index (Phi) is 7.38. The van der Waals surface area contributed by atoms with Crippen molar-refractivity contribution < 1.29 is 22.1 Å². The highest BCUT2D eigenvalue weighted by Gasteiger charge is 2.52. The first-order valence-corrected chi connectivity index (χ1v) is 14.7. The van der Waals surface area contributed by atoms with E-state index < -0.39 is 15.4 Å². The van der Waals surface area contributed by atoms with Crippen LogP contribution >= 0.6 is 23.2 Å². The van der Waals surface area contributed by atoms with Crippen LogP contribution in [-0.4, -0.2) is 54.4 Å². The number of nitrogens with zero attached hydrogens (tertiary/aromatic N) is 3. The Morgan fingerprint density at radius 1 is 1.16 bits per heavy atom. The molecule has 2 N–H and O–H groups in total. The number of urea groups is 1. The summed E-state index contributed by atoms with van der Waals surface area (Å²) in [6, 6.07) is 8.56. The Balaban J connectivity index is 1.27. The minimum absolute atomic E-state index is 0.0225. The molecule has 1 aliphatic carbocycles. The van der Waals surface area contributed by atoms with Crippen molar-refractivity contribution in [2.24, 2.45) is 0 Å². The van der Waals surface area contributed by atoms with Crippen molar-refractivity contribution in [2.75, 3.05) is 24.2 Å². The molecule has 2 fully saturated rings. The fourth-order valence-corrected chi connectivity index (χ4v) is 6.44. The largest absolute Gasteiger partial charge is 0.334 e. The first-order valence-electron chi connectivity index (χ1n) is 12.3. The number of piperidine rings is 1. The number of halogens is 3. The van der Waals surface area contributed by atoms with E-state index in [-0.39, 0.29) is 29.5 Å². The van der Waals surface area contributed by atoms with Gasteiger partial charge in [-0.3, -0.25) is 0 Å². The quantitative estimate of drug-likeness (QED) is 0.396. The highest BCUT2D eigenvalue weighted by atomic mass is 35.5. The summed E-state index contributed by atoms with van der Waals surface area (Å²) < 4.78 is 45.0. The van der Waals surface area contributed by atoms with Crippen molar-refractivity contribution in [3.8, 4) is 11.5 Å². The van der Waals surface area contributed by atoms with Crippen LogP contribution in [-0.2, 0) is 15.4 Å². The van der Waals surface area contributed by atoms with Gasteiger partial charge in [-0.25, -0.2) is 22.3 Å². The van der Waals surface area contributed by atoms with Gasteiger partial charge in [0, 0.05) is 46.0 Å². The molecular formula is C25H26Cl2FN5O4S. The molecule has 1 aliphatic heterocycles. The zero-order valence-corrected chi connectivity index (χ0v) is 22.8. The number of anilines is 1. The monoisotopic (exact) mass is 581 g/mol. The number of nitrogens with one attached hydrogen (secondary N) is 2. The van der Waals surface area contributed by atoms with Gasteiger partial charge in [-0.1, -0.05) is 28.4 Å². The van der Waals surface area contributed by atoms with E-state index in [4.69, 9.17) is 27.7 Å². The number of sulfonamides is 1. The number of rotatable bonds is 7. The Hall–Kier alpha value is -2.73. The molecule has 2 aromatic carbocycles. The van der Waals surface area contributed by atoms with Crippen LogP contribution in [0.3, 0.4) is 0 Å². The zero-order chi connectivity index (χ0) is 27.1. The molecule has 1 aromatic heterocycles. The molecule has 1 saturated carbocycles. The fourth-order valence-electron chi connectivity index (χ4n) is 4.68. The van der Waals surface area contributed by atoms with Gasteiger partial charge in [0.15, 0.2) is 5.82 Å². The van der Waals surface area contributed by atoms with Crippen LogP contribution < -0.4 is 10.0 Å². The lowest BCUT2D eigenvalue weighted by atomic mass is 9.94. The zero-order valence-electron chi connectivity index (χ0n) is 20.5. The molecule has 0 unspecified atom stereocenters. The molecule has 38 heavy (non-hydrogen) atoms. The summed E-state index contributed by atoms with van der Waals surface area (Å²) in [6.45, 7) is 2.42. The van der Waals surface area contributed by atoms with Gasteiger partial charge >= 0.3 is 6.03 Å². The summed E-state index contributed by atoms with van der Waals surface area (Å²) in [7, 11) is -3.29. The molecule has 0 atom stereocenters. The summed E-state index contributed by atoms with van der Waals surface area (Å²) in [5.74, 6) is 0.378. The average Bonchev–Trinajstić information content (AvgIpc) is 3.50. The summed E-state index contributed by atoms with van der Waals surface area (Å²) in [4.78, 5) is 19.0. The Labute approximate surface area is 229 Å². The van der Waals surface area contributed by atoms with E-state index in [1.807, 2.05) is 0 Å². The number of amides is 2. The first-order chi connectivity index (χ1) is 18.1. The lowest BCUT2D eigenvalue weighted by molar-refractivity contribution is 0.193. The summed E-state index contributed by atoms with van der Waals surface area (Å²) in [6.07, 6.45) is 2.50. The van der Waals surface area contributed by atoms with E-state index in [9.17, 15) is 17.6 Å². The number of aromatic nitrogens is 2. The maximum absolute atomic E-state index is 13.3. The van der Waals surface area contributed by atoms with Gasteiger partial charge in [-0.15, -0.1) is 0 Å². The molecule has 0 bridgehead atoms. The number of hydrogen-bond acceptors (Lipinski definition) is 6. The Morgan fingerprint density at radius 2 is 1.79 bits per heavy atom. The Morgan fingerprint density at radius 3 is 2.37 bits per heavy atom. The second kappa shape index (κ2) is 10.4. The van der Waals surface area contributed by atoms with Crippen LogP contribution in [0.25, 0.3) is 11.5 Å². The molecule has 5 rings (SSSR count). The van der Waals surface area contributed by atoms with Crippen LogP contribution in [0.1, 0.15) is 44.0 Å². The van der Waals surface area contributed by atoms with Gasteiger partial charge in [0.2, 0.25) is 10.0 Å². The first kappa shape index (κ1) is 26.9. The van der Waals surface area contributed by atoms with Crippen molar-refractivity contribution in [3.63, 3.8) is 0 Å². The van der Waals surface area contributed by atoms with E-state index in [0.29, 0.717) is 58.6 Å². The van der Waals surface area contributed by atoms with Crippen molar-refractivity contribution in [1.82, 2.24) is 19.8 Å². The standard InChI is InChI=1S/C25H26Cl2FN5O4S/c1-2-38(35,36)32-17-7-11-33(12-8-17)24(34)29-18-13-19(26)21(20(27)14-18)25(9-10-25)23-30-22(37-31-23)15-3-5-16(28)6-4-15/h3-6,13-14,17,32H,2,7-12H2,1H3,(H,29,34). The molecular weight excluding hydrogens is 556 g/mol. The molecule has 3 aromatic rings. The predicted molar refractivity (Wildman–Crippen MR) is 142 cm³/mol. The minimum Gasteiger partial charge on any atom is -0.334 e. The van der Waals surface area contributed by atoms with Gasteiger partial charge < -0.3 is 14.7 Å². The lowest BCUT2D eigenvalue weighted by Crippen LogP contribution is -2.47. The Bertz CT molecular complexity index is 1430. The summed E-state index contributed by atoms with van der Waals surface area (Å²) >= 11 is 13.3. The molecule has 1 saturated heterocycles.